The van der Waals surface area contributed by atoms with Crippen LogP contribution in [-0.2, 0) is 54.5 Å². The van der Waals surface area contributed by atoms with Gasteiger partial charge in [0.1, 0.15) is 17.7 Å². The molecule has 2 aliphatic rings. The van der Waals surface area contributed by atoms with Crippen molar-refractivity contribution in [2.24, 2.45) is 28.9 Å². The van der Waals surface area contributed by atoms with Crippen molar-refractivity contribution in [3.63, 3.8) is 0 Å². The largest absolute Gasteiger partial charge is 0.554 e. The van der Waals surface area contributed by atoms with E-state index in [-0.39, 0.29) is 52.8 Å². The highest BCUT2D eigenvalue weighted by molar-refractivity contribution is 6.37. The van der Waals surface area contributed by atoms with E-state index in [1.165, 1.54) is 24.3 Å². The summed E-state index contributed by atoms with van der Waals surface area (Å²) in [5.74, 6) is -3.93. The summed E-state index contributed by atoms with van der Waals surface area (Å²) in [7, 11) is 0. The molecule has 0 heterocycles. The van der Waals surface area contributed by atoms with Crippen molar-refractivity contribution >= 4 is 71.4 Å². The summed E-state index contributed by atoms with van der Waals surface area (Å²) in [6.07, 6.45) is 0.895. The number of hydrogen-bond acceptors (Lipinski definition) is 8. The second kappa shape index (κ2) is 23.6. The Kier molecular flexibility index (Phi) is 18.8. The van der Waals surface area contributed by atoms with Gasteiger partial charge in [-0.25, -0.2) is 8.78 Å². The normalized spacial score (nSPS) is 16.4. The molecule has 0 saturated heterocycles. The van der Waals surface area contributed by atoms with E-state index in [0.29, 0.717) is 24.1 Å². The Morgan fingerprint density at radius 3 is 1.54 bits per heavy atom. The molecule has 0 bridgehead atoms. The molecule has 61 heavy (non-hydrogen) atoms. The van der Waals surface area contributed by atoms with Gasteiger partial charge in [0.05, 0.1) is 28.7 Å². The van der Waals surface area contributed by atoms with Gasteiger partial charge in [-0.2, -0.15) is 0 Å². The second-order valence-electron chi connectivity index (χ2n) is 13.4. The molecule has 6 rings (SSSR count). The summed E-state index contributed by atoms with van der Waals surface area (Å²) < 4.78 is 27.1. The number of carbonyl (C=O) groups excluding carboxylic acids is 6. The van der Waals surface area contributed by atoms with Gasteiger partial charge in [-0.3, -0.25) is 52.1 Å². The van der Waals surface area contributed by atoms with E-state index in [2.05, 4.69) is 20.6 Å². The van der Waals surface area contributed by atoms with Crippen molar-refractivity contribution in [1.82, 2.24) is 10.6 Å². The molecule has 4 aromatic rings. The first-order chi connectivity index (χ1) is 29.0. The number of amides is 2. The summed E-state index contributed by atoms with van der Waals surface area (Å²) in [5, 5.41) is 22.0. The minimum absolute atomic E-state index is 0.00998. The van der Waals surface area contributed by atoms with Crippen LogP contribution in [-0.4, -0.2) is 60.8 Å². The fourth-order valence-corrected chi connectivity index (χ4v) is 6.94. The van der Waals surface area contributed by atoms with E-state index >= 15 is 0 Å². The third kappa shape index (κ3) is 14.4. The molecule has 0 fully saturated rings. The zero-order valence-corrected chi connectivity index (χ0v) is 33.7. The van der Waals surface area contributed by atoms with E-state index in [1.54, 1.807) is 0 Å². The number of nitrogens with one attached hydrogen (secondary N) is 4. The van der Waals surface area contributed by atoms with Crippen LogP contribution in [0.3, 0.4) is 0 Å². The Bertz CT molecular complexity index is 2280. The number of guanidine groups is 2. The predicted octanol–water partition coefficient (Wildman–Crippen LogP) is -3.57. The quantitative estimate of drug-likeness (QED) is 0.0314. The minimum atomic E-state index is -0.755. The Labute approximate surface area is 358 Å². The topological polar surface area (TPSA) is 305 Å². The monoisotopic (exact) mass is 882 g/mol. The van der Waals surface area contributed by atoms with E-state index in [0.717, 1.165) is 40.8 Å². The van der Waals surface area contributed by atoms with Crippen LogP contribution in [0.4, 0.5) is 8.78 Å². The highest BCUT2D eigenvalue weighted by atomic mass is 35.5. The predicted molar refractivity (Wildman–Crippen MR) is 215 cm³/mol. The number of halogens is 4. The molecule has 0 aromatic heterocycles. The SMILES string of the molecule is NC(N)=[NH+]C[C@H]1Cc2ccccc2[C@@H]1NC(=O)C(=O)Cc1ccc(Cl)c(F)c1.NC(N)=[NH+][C@H]1Cc2ccccc2[C@@H]1NC(=O)C(=O)Cc1ccc(Cl)c(F)c1.O=C[O-].O=C[O-]. The molecular formula is C41H42Cl2F2N8O8. The van der Waals surface area contributed by atoms with Gasteiger partial charge in [0.25, 0.3) is 11.8 Å². The van der Waals surface area contributed by atoms with Gasteiger partial charge in [0, 0.05) is 38.1 Å². The van der Waals surface area contributed by atoms with Crippen LogP contribution in [0, 0.1) is 17.6 Å². The van der Waals surface area contributed by atoms with E-state index < -0.39 is 54.0 Å². The maximum Gasteiger partial charge on any atom is 0.339 e. The number of ketones is 2. The van der Waals surface area contributed by atoms with E-state index in [4.69, 9.17) is 65.9 Å². The first kappa shape index (κ1) is 48.4. The molecule has 16 nitrogen and oxygen atoms in total. The van der Waals surface area contributed by atoms with Gasteiger partial charge in [0.2, 0.25) is 11.6 Å². The molecule has 0 radical (unpaired) electrons. The summed E-state index contributed by atoms with van der Waals surface area (Å²) in [5.41, 5.74) is 26.8. The zero-order chi connectivity index (χ0) is 45.2. The summed E-state index contributed by atoms with van der Waals surface area (Å²) in [6.45, 7) is -0.543. The lowest BCUT2D eigenvalue weighted by molar-refractivity contribution is -0.508. The van der Waals surface area contributed by atoms with Crippen LogP contribution >= 0.6 is 23.2 Å². The van der Waals surface area contributed by atoms with Crippen molar-refractivity contribution in [1.29, 1.82) is 0 Å². The third-order valence-electron chi connectivity index (χ3n) is 9.27. The first-order valence-corrected chi connectivity index (χ1v) is 18.9. The molecule has 0 spiro atoms. The Hall–Kier alpha value is -6.92. The van der Waals surface area contributed by atoms with Crippen LogP contribution < -0.4 is 53.8 Å². The van der Waals surface area contributed by atoms with Crippen LogP contribution in [0.25, 0.3) is 0 Å². The molecular weight excluding hydrogens is 841 g/mol. The fraction of sp³-hybridized carbons (Fsp3) is 0.220. The van der Waals surface area contributed by atoms with Crippen molar-refractivity contribution in [3.05, 3.63) is 140 Å². The molecule has 2 amide bonds. The first-order valence-electron chi connectivity index (χ1n) is 18.1. The standard InChI is InChI=1S/C20H20ClFN4O2.C19H18ClFN4O2.2CH2O2/c21-15-6-5-11(7-16(15)22)8-17(27)19(28)26-18-13(10-25-20(23)24)9-12-3-1-2-4-14(12)18;20-13-6-5-10(7-14(13)21)8-16(26)18(27)25-17-12-4-2-1-3-11(12)9-15(17)24-19(22)23;2*2-1-3/h1-7,13,18H,8-10H2,(H,26,28)(H4,23,24,25);1-7,15,17H,8-9H2,(H,25,27)(H4,22,23,24);2*1H,(H,2,3)/t13-,18-;15-,17-;;/m10../s1. The number of fused-ring (bicyclic) bond motifs is 2. The Balaban J connectivity index is 0.000000288. The second-order valence-corrected chi connectivity index (χ2v) is 14.2. The lowest BCUT2D eigenvalue weighted by Crippen LogP contribution is -2.85. The number of carbonyl (C=O) groups is 6. The summed E-state index contributed by atoms with van der Waals surface area (Å²) >= 11 is 11.3. The smallest absolute Gasteiger partial charge is 0.339 e. The van der Waals surface area contributed by atoms with E-state index in [1.807, 2.05) is 48.5 Å². The number of hydrogen-bond donors (Lipinski definition) is 8. The van der Waals surface area contributed by atoms with Crippen LogP contribution in [0.5, 0.6) is 0 Å². The van der Waals surface area contributed by atoms with Crippen LogP contribution in [0.15, 0.2) is 84.9 Å². The molecule has 0 unspecified atom stereocenters. The number of rotatable bonds is 11. The Morgan fingerprint density at radius 2 is 1.10 bits per heavy atom. The van der Waals surface area contributed by atoms with Crippen molar-refractivity contribution in [2.75, 3.05) is 6.54 Å². The van der Waals surface area contributed by atoms with Gasteiger partial charge in [-0.15, -0.1) is 0 Å². The highest BCUT2D eigenvalue weighted by Gasteiger charge is 2.36. The zero-order valence-electron chi connectivity index (χ0n) is 32.2. The molecule has 4 aromatic carbocycles. The maximum atomic E-state index is 13.6. The number of benzene rings is 4. The highest BCUT2D eigenvalue weighted by Crippen LogP contribution is 2.35. The van der Waals surface area contributed by atoms with Gasteiger partial charge >= 0.3 is 11.9 Å². The molecule has 2 aliphatic carbocycles. The molecule has 4 atom stereocenters. The van der Waals surface area contributed by atoms with Crippen LogP contribution in [0.2, 0.25) is 10.0 Å². The number of nitrogens with two attached hydrogens (primary N) is 4. The summed E-state index contributed by atoms with van der Waals surface area (Å²) in [4.78, 5) is 71.9. The Morgan fingerprint density at radius 1 is 0.672 bits per heavy atom. The van der Waals surface area contributed by atoms with Crippen molar-refractivity contribution in [2.45, 2.75) is 43.8 Å². The van der Waals surface area contributed by atoms with Crippen molar-refractivity contribution in [3.8, 4) is 0 Å². The lowest BCUT2D eigenvalue weighted by atomic mass is 10.00. The molecule has 20 heteroatoms. The maximum absolute atomic E-state index is 13.6. The molecule has 0 saturated carbocycles. The molecule has 322 valence electrons. The van der Waals surface area contributed by atoms with Crippen LogP contribution in [0.1, 0.15) is 45.5 Å². The molecule has 0 aliphatic heterocycles. The average molecular weight is 884 g/mol. The average Bonchev–Trinajstić information content (AvgIpc) is 3.73. The number of carboxylic acid groups (broad SMARTS) is 2. The van der Waals surface area contributed by atoms with Gasteiger partial charge in [0.15, 0.2) is 0 Å². The van der Waals surface area contributed by atoms with Gasteiger partial charge in [-0.05, 0) is 64.1 Å². The lowest BCUT2D eigenvalue weighted by Gasteiger charge is -2.20. The summed E-state index contributed by atoms with van der Waals surface area (Å²) in [6, 6.07) is 22.3. The molecule has 12 N–H and O–H groups in total. The fourth-order valence-electron chi connectivity index (χ4n) is 6.71. The van der Waals surface area contributed by atoms with E-state index in [9.17, 15) is 28.0 Å². The van der Waals surface area contributed by atoms with Gasteiger partial charge < -0.3 is 30.4 Å². The minimum Gasteiger partial charge on any atom is -0.554 e. The third-order valence-corrected chi connectivity index (χ3v) is 9.89. The van der Waals surface area contributed by atoms with Crippen molar-refractivity contribution < 1.29 is 57.7 Å². The number of Topliss-reactive ketones (excluding diaryl/α,β-unsaturated/α-hetero) is 2. The van der Waals surface area contributed by atoms with Gasteiger partial charge in [-0.1, -0.05) is 83.9 Å².